The average Bonchev–Trinajstić information content (AvgIpc) is 3.35. The van der Waals surface area contributed by atoms with Crippen molar-refractivity contribution in [2.45, 2.75) is 82.5 Å². The highest BCUT2D eigenvalue weighted by Gasteiger charge is 2.80. The summed E-state index contributed by atoms with van der Waals surface area (Å²) in [5, 5.41) is 3.60. The van der Waals surface area contributed by atoms with E-state index in [2.05, 4.69) is 9.47 Å². The van der Waals surface area contributed by atoms with E-state index in [1.165, 1.54) is 0 Å². The summed E-state index contributed by atoms with van der Waals surface area (Å²) in [7, 11) is 0. The van der Waals surface area contributed by atoms with Crippen molar-refractivity contribution < 1.29 is 93.8 Å². The Morgan fingerprint density at radius 3 is 1.88 bits per heavy atom. The minimum Gasteiger partial charge on any atom is -0.463 e. The molecule has 2 saturated heterocycles. The molecule has 2 rings (SSSR count). The molecule has 2 aliphatic heterocycles. The van der Waals surface area contributed by atoms with Gasteiger partial charge in [-0.05, 0) is 0 Å². The first kappa shape index (κ1) is 28.2. The third-order valence-corrected chi connectivity index (χ3v) is 5.13. The lowest BCUT2D eigenvalue weighted by molar-refractivity contribution is -0.439. The molecule has 238 valence electrons. The maximum absolute atomic E-state index is 13.2. The van der Waals surface area contributed by atoms with E-state index >= 15 is 0 Å². The highest BCUT2D eigenvalue weighted by atomic mass is 19.4. The Balaban J connectivity index is 2.37. The van der Waals surface area contributed by atoms with Gasteiger partial charge in [-0.25, -0.2) is 9.59 Å². The normalized spacial score (nSPS) is 28.5. The fraction of sp³-hybridized carbons (Fsp3) is 0.714. The van der Waals surface area contributed by atoms with Crippen molar-refractivity contribution in [3.8, 4) is 0 Å². The van der Waals surface area contributed by atoms with Crippen LogP contribution in [0.15, 0.2) is 0 Å². The van der Waals surface area contributed by atoms with Gasteiger partial charge < -0.3 is 43.8 Å². The lowest BCUT2D eigenvalue weighted by Gasteiger charge is -2.44. The number of amides is 2. The van der Waals surface area contributed by atoms with Crippen LogP contribution in [-0.2, 0) is 57.1 Å². The predicted molar refractivity (Wildman–Crippen MR) is 114 cm³/mol. The summed E-state index contributed by atoms with van der Waals surface area (Å²) in [5.41, 5.74) is 0. The summed E-state index contributed by atoms with van der Waals surface area (Å²) < 4.78 is 140. The fourth-order valence-electron chi connectivity index (χ4n) is 3.58. The SMILES string of the molecule is [2H]CC(=O)OC[C@H]1OC(NC(=O)NC[C@@H]2OC(C(F)(F)F)(C(F)(F)F)OC2=O)[C@@H](OC(=O)C[2H])[C@@H](OC(=O)C[2H])[C@@H]1OC(=O)C[2H]. The first-order valence-electron chi connectivity index (χ1n) is 13.8. The standard InChI is InChI=1S/C21H24F6N2O13/c1-7(30)36-6-12-13(37-8(2)31)14(38-9(3)32)15(39-10(4)33)16(40-12)29-18(35)28-5-11-17(34)42-19(41-11,20(22,23)24)21(25,26)27/h11-16H,5-6H2,1-4H3,(H2,28,29,35)/t11-,12+,13+,14-,15-,16?/m0/s1/i1D,2D,3D,4D. The fourth-order valence-corrected chi connectivity index (χ4v) is 3.58. The third-order valence-electron chi connectivity index (χ3n) is 5.13. The van der Waals surface area contributed by atoms with Crippen LogP contribution < -0.4 is 10.6 Å². The van der Waals surface area contributed by atoms with E-state index in [1.54, 1.807) is 5.32 Å². The number of alkyl halides is 6. The zero-order valence-electron chi connectivity index (χ0n) is 24.8. The third kappa shape index (κ3) is 8.11. The van der Waals surface area contributed by atoms with Crippen LogP contribution >= 0.6 is 0 Å². The largest absolute Gasteiger partial charge is 0.465 e. The number of carbonyl (C=O) groups is 6. The molecule has 2 N–H and O–H groups in total. The highest BCUT2D eigenvalue weighted by molar-refractivity contribution is 5.79. The predicted octanol–water partition coefficient (Wildman–Crippen LogP) is 0.132. The van der Waals surface area contributed by atoms with Crippen molar-refractivity contribution in [2.75, 3.05) is 13.2 Å². The minimum absolute atomic E-state index is 0.916. The molecule has 0 radical (unpaired) electrons. The number of rotatable bonds is 8. The van der Waals surface area contributed by atoms with E-state index in [0.717, 1.165) is 0 Å². The van der Waals surface area contributed by atoms with Crippen molar-refractivity contribution >= 4 is 35.9 Å². The van der Waals surface area contributed by atoms with Gasteiger partial charge in [0, 0.05) is 33.1 Å². The molecule has 2 aliphatic rings. The monoisotopic (exact) mass is 630 g/mol. The molecule has 0 aromatic heterocycles. The Kier molecular flexibility index (Phi) is 8.72. The van der Waals surface area contributed by atoms with Crippen molar-refractivity contribution in [2.24, 2.45) is 0 Å². The molecule has 1 unspecified atom stereocenters. The van der Waals surface area contributed by atoms with Crippen LogP contribution in [0.5, 0.6) is 0 Å². The highest BCUT2D eigenvalue weighted by Crippen LogP contribution is 2.50. The van der Waals surface area contributed by atoms with Gasteiger partial charge in [0.05, 0.1) is 6.54 Å². The number of urea groups is 1. The van der Waals surface area contributed by atoms with Gasteiger partial charge in [-0.1, -0.05) is 0 Å². The van der Waals surface area contributed by atoms with Gasteiger partial charge in [-0.2, -0.15) is 26.3 Å². The molecule has 0 bridgehead atoms. The zero-order valence-corrected chi connectivity index (χ0v) is 20.8. The van der Waals surface area contributed by atoms with Crippen LogP contribution in [0.2, 0.25) is 0 Å². The molecule has 0 aliphatic carbocycles. The minimum atomic E-state index is -6.29. The van der Waals surface area contributed by atoms with Gasteiger partial charge in [0.15, 0.2) is 30.6 Å². The Morgan fingerprint density at radius 2 is 1.38 bits per heavy atom. The van der Waals surface area contributed by atoms with Crippen LogP contribution in [0.1, 0.15) is 33.1 Å². The quantitative estimate of drug-likeness (QED) is 0.209. The van der Waals surface area contributed by atoms with Crippen molar-refractivity contribution in [1.82, 2.24) is 10.6 Å². The molecule has 0 aromatic carbocycles. The number of hydrogen-bond donors (Lipinski definition) is 2. The topological polar surface area (TPSA) is 191 Å². The van der Waals surface area contributed by atoms with Crippen LogP contribution in [0.3, 0.4) is 0 Å². The first-order valence-corrected chi connectivity index (χ1v) is 11.0. The zero-order chi connectivity index (χ0) is 35.0. The molecule has 6 atom stereocenters. The molecule has 0 saturated carbocycles. The molecule has 42 heavy (non-hydrogen) atoms. The second-order valence-corrected chi connectivity index (χ2v) is 8.14. The van der Waals surface area contributed by atoms with Gasteiger partial charge in [0.1, 0.15) is 12.7 Å². The lowest BCUT2D eigenvalue weighted by Crippen LogP contribution is -2.67. The van der Waals surface area contributed by atoms with Gasteiger partial charge >= 0.3 is 54.0 Å². The second kappa shape index (κ2) is 13.0. The number of ether oxygens (including phenoxy) is 7. The van der Waals surface area contributed by atoms with E-state index in [4.69, 9.17) is 29.2 Å². The average molecular weight is 630 g/mol. The van der Waals surface area contributed by atoms with Gasteiger partial charge in [0.2, 0.25) is 0 Å². The lowest BCUT2D eigenvalue weighted by atomic mass is 9.97. The smallest absolute Gasteiger partial charge is 0.463 e. The van der Waals surface area contributed by atoms with Crippen molar-refractivity contribution in [1.29, 1.82) is 0 Å². The Morgan fingerprint density at radius 1 is 0.857 bits per heavy atom. The second-order valence-electron chi connectivity index (χ2n) is 8.14. The summed E-state index contributed by atoms with van der Waals surface area (Å²) in [4.78, 5) is 72.2. The summed E-state index contributed by atoms with van der Waals surface area (Å²) in [6.45, 7) is -6.44. The number of cyclic esters (lactones) is 1. The Labute approximate surface area is 237 Å². The molecule has 2 fully saturated rings. The summed E-state index contributed by atoms with van der Waals surface area (Å²) in [6, 6.07) is -1.57. The number of carbonyl (C=O) groups excluding carboxylic acids is 6. The van der Waals surface area contributed by atoms with E-state index < -0.39 is 132 Å². The van der Waals surface area contributed by atoms with Crippen LogP contribution in [0.4, 0.5) is 31.1 Å². The number of hydrogen-bond acceptors (Lipinski definition) is 13. The molecule has 15 nitrogen and oxygen atoms in total. The number of halogens is 6. The maximum atomic E-state index is 13.2. The number of esters is 5. The van der Waals surface area contributed by atoms with Crippen LogP contribution in [0, 0.1) is 0 Å². The molecular formula is C21H24F6N2O13. The van der Waals surface area contributed by atoms with Crippen molar-refractivity contribution in [3.05, 3.63) is 0 Å². The van der Waals surface area contributed by atoms with Crippen LogP contribution in [0.25, 0.3) is 0 Å². The van der Waals surface area contributed by atoms with Gasteiger partial charge in [-0.3, -0.25) is 19.2 Å². The van der Waals surface area contributed by atoms with Crippen LogP contribution in [-0.4, -0.2) is 104 Å². The Bertz CT molecular complexity index is 1150. The summed E-state index contributed by atoms with van der Waals surface area (Å²) in [5.74, 6) is -12.7. The molecule has 0 aromatic rings. The van der Waals surface area contributed by atoms with Gasteiger partial charge in [-0.15, -0.1) is 0 Å². The van der Waals surface area contributed by atoms with E-state index in [0.29, 0.717) is 0 Å². The maximum Gasteiger partial charge on any atom is 0.465 e. The van der Waals surface area contributed by atoms with E-state index in [9.17, 15) is 55.1 Å². The summed E-state index contributed by atoms with van der Waals surface area (Å²) in [6.07, 6.45) is -25.1. The van der Waals surface area contributed by atoms with Gasteiger partial charge in [0.25, 0.3) is 0 Å². The molecular weight excluding hydrogens is 602 g/mol. The molecule has 21 heteroatoms. The Hall–Kier alpha value is -3.88. The first-order chi connectivity index (χ1) is 21.3. The number of nitrogens with one attached hydrogen (secondary N) is 2. The van der Waals surface area contributed by atoms with Crippen molar-refractivity contribution in [3.63, 3.8) is 0 Å². The molecule has 0 spiro atoms. The van der Waals surface area contributed by atoms with E-state index in [-0.39, 0.29) is 0 Å². The van der Waals surface area contributed by atoms with E-state index in [1.807, 2.05) is 5.32 Å². The molecule has 2 amide bonds. The summed E-state index contributed by atoms with van der Waals surface area (Å²) >= 11 is 0. The molecule has 2 heterocycles.